The van der Waals surface area contributed by atoms with E-state index in [1.54, 1.807) is 25.4 Å². The lowest BCUT2D eigenvalue weighted by atomic mass is 9.48. The number of anilines is 1. The van der Waals surface area contributed by atoms with Crippen molar-refractivity contribution >= 4 is 11.7 Å². The van der Waals surface area contributed by atoms with Crippen molar-refractivity contribution in [2.24, 2.45) is 17.8 Å². The minimum Gasteiger partial charge on any atom is -0.508 e. The van der Waals surface area contributed by atoms with E-state index in [1.807, 2.05) is 6.07 Å². The highest BCUT2D eigenvalue weighted by Gasteiger charge is 2.52. The van der Waals surface area contributed by atoms with Crippen molar-refractivity contribution in [3.63, 3.8) is 0 Å². The molecule has 0 saturated heterocycles. The van der Waals surface area contributed by atoms with Crippen LogP contribution in [-0.2, 0) is 14.9 Å². The second kappa shape index (κ2) is 7.56. The molecule has 4 bridgehead atoms. The quantitative estimate of drug-likeness (QED) is 0.695. The molecule has 0 amide bonds. The molecular formula is C24H29N3O3. The Kier molecular flexibility index (Phi) is 4.88. The number of phenols is 1. The van der Waals surface area contributed by atoms with Crippen molar-refractivity contribution in [1.82, 2.24) is 9.97 Å². The lowest BCUT2D eigenvalue weighted by Gasteiger charge is -2.57. The van der Waals surface area contributed by atoms with E-state index in [0.717, 1.165) is 28.9 Å². The number of esters is 1. The van der Waals surface area contributed by atoms with Crippen molar-refractivity contribution in [3.8, 4) is 17.1 Å². The van der Waals surface area contributed by atoms with Gasteiger partial charge in [0.15, 0.2) is 5.82 Å². The number of nitrogens with zero attached hydrogens (tertiary/aromatic N) is 2. The van der Waals surface area contributed by atoms with Gasteiger partial charge in [-0.2, -0.15) is 0 Å². The maximum absolute atomic E-state index is 11.5. The van der Waals surface area contributed by atoms with E-state index in [0.29, 0.717) is 23.9 Å². The number of hydrogen-bond acceptors (Lipinski definition) is 6. The van der Waals surface area contributed by atoms with Gasteiger partial charge in [0.2, 0.25) is 0 Å². The monoisotopic (exact) mass is 407 g/mol. The summed E-state index contributed by atoms with van der Waals surface area (Å²) in [6, 6.07) is 5.81. The SMILES string of the molecule is CCOC(=O)CNc1cnc(-c2ccc(O)c(C34CC5CC(CC(C5)C3)C4)c2)nc1. The predicted octanol–water partition coefficient (Wildman–Crippen LogP) is 4.29. The number of benzene rings is 1. The molecule has 0 spiro atoms. The van der Waals surface area contributed by atoms with Crippen LogP contribution in [0.25, 0.3) is 11.4 Å². The first-order valence-electron chi connectivity index (χ1n) is 11.1. The highest BCUT2D eigenvalue weighted by Crippen LogP contribution is 2.62. The molecule has 0 aliphatic heterocycles. The van der Waals surface area contributed by atoms with E-state index < -0.39 is 0 Å². The van der Waals surface area contributed by atoms with E-state index in [4.69, 9.17) is 4.74 Å². The first kappa shape index (κ1) is 19.3. The summed E-state index contributed by atoms with van der Waals surface area (Å²) in [5.74, 6) is 3.19. The lowest BCUT2D eigenvalue weighted by molar-refractivity contribution is -0.140. The third-order valence-electron chi connectivity index (χ3n) is 7.26. The highest BCUT2D eigenvalue weighted by atomic mass is 16.5. The van der Waals surface area contributed by atoms with E-state index >= 15 is 0 Å². The Morgan fingerprint density at radius 3 is 2.37 bits per heavy atom. The van der Waals surface area contributed by atoms with Crippen LogP contribution in [0, 0.1) is 17.8 Å². The van der Waals surface area contributed by atoms with Crippen molar-refractivity contribution in [3.05, 3.63) is 36.2 Å². The number of carbonyl (C=O) groups excluding carboxylic acids is 1. The molecule has 0 unspecified atom stereocenters. The molecule has 6 heteroatoms. The van der Waals surface area contributed by atoms with Crippen molar-refractivity contribution < 1.29 is 14.6 Å². The van der Waals surface area contributed by atoms with Gasteiger partial charge < -0.3 is 15.2 Å². The second-order valence-corrected chi connectivity index (χ2v) is 9.38. The fourth-order valence-corrected chi connectivity index (χ4v) is 6.50. The van der Waals surface area contributed by atoms with Crippen LogP contribution in [0.4, 0.5) is 5.69 Å². The van der Waals surface area contributed by atoms with Crippen LogP contribution < -0.4 is 5.32 Å². The van der Waals surface area contributed by atoms with E-state index in [2.05, 4.69) is 21.4 Å². The van der Waals surface area contributed by atoms with E-state index in [9.17, 15) is 9.90 Å². The zero-order chi connectivity index (χ0) is 20.7. The summed E-state index contributed by atoms with van der Waals surface area (Å²) in [6.07, 6.45) is 11.1. The molecule has 0 atom stereocenters. The fourth-order valence-electron chi connectivity index (χ4n) is 6.50. The van der Waals surface area contributed by atoms with Crippen LogP contribution in [0.15, 0.2) is 30.6 Å². The van der Waals surface area contributed by atoms with Gasteiger partial charge in [0, 0.05) is 11.1 Å². The van der Waals surface area contributed by atoms with Crippen LogP contribution in [-0.4, -0.2) is 34.2 Å². The summed E-state index contributed by atoms with van der Waals surface area (Å²) < 4.78 is 4.92. The number of ether oxygens (including phenoxy) is 1. The van der Waals surface area contributed by atoms with Gasteiger partial charge in [0.05, 0.1) is 24.7 Å². The molecule has 4 aliphatic rings. The molecule has 30 heavy (non-hydrogen) atoms. The Balaban J connectivity index is 1.37. The molecule has 1 aromatic heterocycles. The molecule has 1 heterocycles. The predicted molar refractivity (Wildman–Crippen MR) is 114 cm³/mol. The van der Waals surface area contributed by atoms with Gasteiger partial charge in [-0.3, -0.25) is 4.79 Å². The van der Waals surface area contributed by atoms with Crippen molar-refractivity contribution in [2.45, 2.75) is 50.9 Å². The fraction of sp³-hybridized carbons (Fsp3) is 0.542. The molecule has 4 saturated carbocycles. The van der Waals surface area contributed by atoms with E-state index in [-0.39, 0.29) is 17.9 Å². The van der Waals surface area contributed by atoms with Crippen LogP contribution in [0.2, 0.25) is 0 Å². The first-order valence-corrected chi connectivity index (χ1v) is 11.1. The van der Waals surface area contributed by atoms with Gasteiger partial charge in [-0.15, -0.1) is 0 Å². The molecule has 1 aromatic carbocycles. The number of phenolic OH excluding ortho intramolecular Hbond substituents is 1. The molecular weight excluding hydrogens is 378 g/mol. The summed E-state index contributed by atoms with van der Waals surface area (Å²) in [4.78, 5) is 20.5. The molecule has 158 valence electrons. The van der Waals surface area contributed by atoms with Gasteiger partial charge in [-0.1, -0.05) is 0 Å². The summed E-state index contributed by atoms with van der Waals surface area (Å²) in [6.45, 7) is 2.24. The number of aromatic nitrogens is 2. The Bertz CT molecular complexity index is 906. The Morgan fingerprint density at radius 2 is 1.77 bits per heavy atom. The topological polar surface area (TPSA) is 84.3 Å². The van der Waals surface area contributed by atoms with E-state index in [1.165, 1.54) is 38.5 Å². The van der Waals surface area contributed by atoms with Crippen LogP contribution in [0.1, 0.15) is 51.0 Å². The third kappa shape index (κ3) is 3.53. The zero-order valence-corrected chi connectivity index (χ0v) is 17.4. The number of hydrogen-bond donors (Lipinski definition) is 2. The van der Waals surface area contributed by atoms with Crippen molar-refractivity contribution in [1.29, 1.82) is 0 Å². The van der Waals surface area contributed by atoms with Gasteiger partial charge >= 0.3 is 5.97 Å². The number of carbonyl (C=O) groups is 1. The van der Waals surface area contributed by atoms with Gasteiger partial charge in [0.25, 0.3) is 0 Å². The van der Waals surface area contributed by atoms with Crippen molar-refractivity contribution in [2.75, 3.05) is 18.5 Å². The third-order valence-corrected chi connectivity index (χ3v) is 7.26. The highest BCUT2D eigenvalue weighted by molar-refractivity contribution is 5.74. The summed E-state index contributed by atoms with van der Waals surface area (Å²) in [7, 11) is 0. The maximum Gasteiger partial charge on any atom is 0.325 e. The van der Waals surface area contributed by atoms with Crippen LogP contribution in [0.5, 0.6) is 5.75 Å². The largest absolute Gasteiger partial charge is 0.508 e. The van der Waals surface area contributed by atoms with Crippen LogP contribution in [0.3, 0.4) is 0 Å². The number of nitrogens with one attached hydrogen (secondary N) is 1. The Hall–Kier alpha value is -2.63. The lowest BCUT2D eigenvalue weighted by Crippen LogP contribution is -2.48. The first-order chi connectivity index (χ1) is 14.5. The normalized spacial score (nSPS) is 29.0. The molecule has 2 N–H and O–H groups in total. The standard InChI is InChI=1S/C24H29N3O3/c1-2-30-22(29)14-25-19-12-26-23(27-13-19)18-3-4-21(28)20(8-18)24-9-15-5-16(10-24)7-17(6-15)11-24/h3-4,8,12-13,15-17,25,28H,2,5-7,9-11,14H2,1H3. The molecule has 0 radical (unpaired) electrons. The molecule has 4 aliphatic carbocycles. The second-order valence-electron chi connectivity index (χ2n) is 9.38. The average Bonchev–Trinajstić information content (AvgIpc) is 2.72. The summed E-state index contributed by atoms with van der Waals surface area (Å²) in [5, 5.41) is 13.7. The number of rotatable bonds is 6. The summed E-state index contributed by atoms with van der Waals surface area (Å²) >= 11 is 0. The van der Waals surface area contributed by atoms with Gasteiger partial charge in [-0.25, -0.2) is 9.97 Å². The zero-order valence-electron chi connectivity index (χ0n) is 17.4. The molecule has 2 aromatic rings. The van der Waals surface area contributed by atoms with Gasteiger partial charge in [0.1, 0.15) is 12.3 Å². The molecule has 6 nitrogen and oxygen atoms in total. The minimum absolute atomic E-state index is 0.0892. The smallest absolute Gasteiger partial charge is 0.325 e. The Labute approximate surface area is 177 Å². The molecule has 4 fully saturated rings. The Morgan fingerprint density at radius 1 is 1.13 bits per heavy atom. The number of aromatic hydroxyl groups is 1. The average molecular weight is 408 g/mol. The molecule has 6 rings (SSSR count). The minimum atomic E-state index is -0.305. The summed E-state index contributed by atoms with van der Waals surface area (Å²) in [5.41, 5.74) is 2.81. The van der Waals surface area contributed by atoms with Crippen LogP contribution >= 0.6 is 0 Å². The van der Waals surface area contributed by atoms with Gasteiger partial charge in [-0.05, 0) is 86.8 Å². The maximum atomic E-state index is 11.5.